The van der Waals surface area contributed by atoms with E-state index < -0.39 is 5.60 Å². The third-order valence-corrected chi connectivity index (χ3v) is 8.93. The quantitative estimate of drug-likeness (QED) is 0.661. The number of rotatable bonds is 5. The molecule has 5 aliphatic rings. The van der Waals surface area contributed by atoms with Crippen molar-refractivity contribution in [3.63, 3.8) is 0 Å². The molecule has 3 unspecified atom stereocenters. The molecule has 0 spiro atoms. The number of benzene rings is 1. The average Bonchev–Trinajstić information content (AvgIpc) is 2.85. The zero-order chi connectivity index (χ0) is 25.0. The van der Waals surface area contributed by atoms with E-state index in [1.54, 1.807) is 12.1 Å². The Balaban J connectivity index is 1.12. The van der Waals surface area contributed by atoms with Gasteiger partial charge in [0.25, 0.3) is 5.91 Å². The molecule has 192 valence electrons. The molecule has 2 heterocycles. The molecule has 1 aliphatic heterocycles. The normalized spacial score (nSPS) is 33.1. The van der Waals surface area contributed by atoms with Crippen molar-refractivity contribution in [2.45, 2.75) is 56.7 Å². The van der Waals surface area contributed by atoms with Gasteiger partial charge in [0.15, 0.2) is 11.6 Å². The van der Waals surface area contributed by atoms with Gasteiger partial charge < -0.3 is 25.0 Å². The average molecular weight is 495 g/mol. The number of ether oxygens (including phenoxy) is 1. The topological polar surface area (TPSA) is 77.9 Å². The Morgan fingerprint density at radius 2 is 1.94 bits per heavy atom. The maximum Gasteiger partial charge on any atom is 0.270 e. The van der Waals surface area contributed by atoms with E-state index in [9.17, 15) is 14.3 Å². The lowest BCUT2D eigenvalue weighted by Gasteiger charge is -2.58. The number of anilines is 2. The summed E-state index contributed by atoms with van der Waals surface area (Å²) in [4.78, 5) is 22.4. The summed E-state index contributed by atoms with van der Waals surface area (Å²) in [5, 5.41) is 14.1. The highest BCUT2D eigenvalue weighted by molar-refractivity contribution is 5.93. The second-order valence-electron chi connectivity index (χ2n) is 11.4. The number of aliphatic hydroxyl groups is 1. The molecule has 0 radical (unpaired) electrons. The first-order valence-corrected chi connectivity index (χ1v) is 13.2. The minimum absolute atomic E-state index is 0.124. The summed E-state index contributed by atoms with van der Waals surface area (Å²) in [7, 11) is 1.47. The number of pyridine rings is 1. The van der Waals surface area contributed by atoms with Crippen molar-refractivity contribution in [1.82, 2.24) is 10.3 Å². The number of halogens is 1. The largest absolute Gasteiger partial charge is 0.494 e. The predicted octanol–water partition coefficient (Wildman–Crippen LogP) is 3.61. The number of nitrogens with one attached hydrogen (secondary N) is 1. The molecule has 36 heavy (non-hydrogen) atoms. The number of aromatic nitrogens is 1. The molecule has 1 amide bonds. The van der Waals surface area contributed by atoms with Crippen molar-refractivity contribution < 1.29 is 19.0 Å². The van der Waals surface area contributed by atoms with Crippen molar-refractivity contribution in [3.05, 3.63) is 47.9 Å². The summed E-state index contributed by atoms with van der Waals surface area (Å²) in [6.07, 6.45) is 4.76. The van der Waals surface area contributed by atoms with Crippen LogP contribution in [0.25, 0.3) is 0 Å². The number of carbonyl (C=O) groups is 1. The van der Waals surface area contributed by atoms with Crippen molar-refractivity contribution >= 4 is 17.4 Å². The number of hydrogen-bond acceptors (Lipinski definition) is 6. The van der Waals surface area contributed by atoms with Gasteiger partial charge in [0.1, 0.15) is 11.5 Å². The van der Waals surface area contributed by atoms with Gasteiger partial charge in [0.2, 0.25) is 0 Å². The van der Waals surface area contributed by atoms with Gasteiger partial charge in [-0.15, -0.1) is 0 Å². The van der Waals surface area contributed by atoms with Crippen LogP contribution in [-0.2, 0) is 0 Å². The van der Waals surface area contributed by atoms with E-state index in [0.717, 1.165) is 63.2 Å². The molecular weight excluding hydrogens is 459 g/mol. The van der Waals surface area contributed by atoms with Crippen LogP contribution in [0.15, 0.2) is 36.4 Å². The van der Waals surface area contributed by atoms with Gasteiger partial charge in [0.05, 0.1) is 12.7 Å². The van der Waals surface area contributed by atoms with E-state index in [2.05, 4.69) is 22.0 Å². The standard InChI is InChI=1S/C28H35FN4O3/c1-17-16-32(21-6-7-24(36-2)22(29)12-21)8-9-33(17)25-5-3-4-23(30-25)27(34)31-26-19-10-18-11-20(26)15-28(35,13-18)14-19/h3-7,12,17-20,26,35H,8-11,13-16H2,1-2H3,(H,31,34). The van der Waals surface area contributed by atoms with Crippen LogP contribution in [0.1, 0.15) is 49.5 Å². The van der Waals surface area contributed by atoms with Gasteiger partial charge in [0, 0.05) is 43.5 Å². The zero-order valence-electron chi connectivity index (χ0n) is 21.0. The van der Waals surface area contributed by atoms with E-state index in [1.807, 2.05) is 18.2 Å². The van der Waals surface area contributed by atoms with Gasteiger partial charge >= 0.3 is 0 Å². The first-order valence-electron chi connectivity index (χ1n) is 13.2. The molecule has 7 nitrogen and oxygen atoms in total. The van der Waals surface area contributed by atoms with Crippen LogP contribution >= 0.6 is 0 Å². The van der Waals surface area contributed by atoms with E-state index >= 15 is 0 Å². The molecule has 5 fully saturated rings. The number of piperazine rings is 1. The summed E-state index contributed by atoms with van der Waals surface area (Å²) in [5.74, 6) is 1.88. The van der Waals surface area contributed by atoms with Crippen LogP contribution in [0.3, 0.4) is 0 Å². The van der Waals surface area contributed by atoms with Crippen molar-refractivity contribution in [2.24, 2.45) is 17.8 Å². The minimum Gasteiger partial charge on any atom is -0.494 e. The number of carbonyl (C=O) groups excluding carboxylic acids is 1. The van der Waals surface area contributed by atoms with Gasteiger partial charge in [-0.25, -0.2) is 9.37 Å². The Kier molecular flexibility index (Phi) is 5.82. The lowest BCUT2D eigenvalue weighted by molar-refractivity contribution is -0.136. The Hall–Kier alpha value is -2.87. The first kappa shape index (κ1) is 23.5. The van der Waals surface area contributed by atoms with Gasteiger partial charge in [-0.05, 0) is 81.0 Å². The highest BCUT2D eigenvalue weighted by Crippen LogP contribution is 2.55. The van der Waals surface area contributed by atoms with Crippen LogP contribution in [0.4, 0.5) is 15.9 Å². The maximum absolute atomic E-state index is 14.2. The van der Waals surface area contributed by atoms with Crippen LogP contribution in [0.2, 0.25) is 0 Å². The highest BCUT2D eigenvalue weighted by Gasteiger charge is 2.55. The summed E-state index contributed by atoms with van der Waals surface area (Å²) in [6, 6.07) is 11.0. The summed E-state index contributed by atoms with van der Waals surface area (Å²) in [6.45, 7) is 4.29. The van der Waals surface area contributed by atoms with Crippen LogP contribution in [-0.4, -0.2) is 60.4 Å². The van der Waals surface area contributed by atoms with Gasteiger partial charge in [-0.2, -0.15) is 0 Å². The maximum atomic E-state index is 14.2. The molecule has 8 heteroatoms. The Labute approximate surface area is 211 Å². The smallest absolute Gasteiger partial charge is 0.270 e. The fraction of sp³-hybridized carbons (Fsp3) is 0.571. The van der Waals surface area contributed by atoms with Crippen LogP contribution in [0.5, 0.6) is 5.75 Å². The van der Waals surface area contributed by atoms with Gasteiger partial charge in [-0.1, -0.05) is 6.07 Å². The number of methoxy groups -OCH3 is 1. The Morgan fingerprint density at radius 3 is 2.61 bits per heavy atom. The first-order chi connectivity index (χ1) is 17.3. The molecular formula is C28H35FN4O3. The Morgan fingerprint density at radius 1 is 1.17 bits per heavy atom. The van der Waals surface area contributed by atoms with E-state index in [4.69, 9.17) is 9.72 Å². The lowest BCUT2D eigenvalue weighted by Crippen LogP contribution is -2.61. The Bertz CT molecular complexity index is 1140. The summed E-state index contributed by atoms with van der Waals surface area (Å²) in [5.41, 5.74) is 0.763. The molecule has 4 saturated carbocycles. The molecule has 1 saturated heterocycles. The third-order valence-electron chi connectivity index (χ3n) is 8.93. The molecule has 2 aromatic rings. The zero-order valence-corrected chi connectivity index (χ0v) is 21.0. The molecule has 4 aliphatic carbocycles. The SMILES string of the molecule is COc1ccc(N2CCN(c3cccc(C(=O)NC4C5CC6CC4CC(O)(C6)C5)n3)C(C)C2)cc1F. The molecule has 4 bridgehead atoms. The predicted molar refractivity (Wildman–Crippen MR) is 136 cm³/mol. The molecule has 7 rings (SSSR count). The molecule has 2 N–H and O–H groups in total. The van der Waals surface area contributed by atoms with Crippen molar-refractivity contribution in [2.75, 3.05) is 36.5 Å². The fourth-order valence-corrected chi connectivity index (χ4v) is 7.54. The van der Waals surface area contributed by atoms with E-state index in [1.165, 1.54) is 13.2 Å². The fourth-order valence-electron chi connectivity index (χ4n) is 7.54. The number of nitrogens with zero attached hydrogens (tertiary/aromatic N) is 3. The molecule has 3 atom stereocenters. The summed E-state index contributed by atoms with van der Waals surface area (Å²) >= 11 is 0. The lowest BCUT2D eigenvalue weighted by atomic mass is 9.52. The monoisotopic (exact) mass is 494 g/mol. The molecule has 1 aromatic carbocycles. The van der Waals surface area contributed by atoms with Gasteiger partial charge in [-0.3, -0.25) is 4.79 Å². The number of hydrogen-bond donors (Lipinski definition) is 2. The van der Waals surface area contributed by atoms with E-state index in [-0.39, 0.29) is 29.6 Å². The summed E-state index contributed by atoms with van der Waals surface area (Å²) < 4.78 is 19.3. The third kappa shape index (κ3) is 4.19. The second-order valence-corrected chi connectivity index (χ2v) is 11.4. The minimum atomic E-state index is -0.508. The van der Waals surface area contributed by atoms with Crippen LogP contribution in [0, 0.1) is 23.6 Å². The number of amides is 1. The van der Waals surface area contributed by atoms with Crippen LogP contribution < -0.4 is 19.9 Å². The second kappa shape index (κ2) is 8.91. The van der Waals surface area contributed by atoms with E-state index in [0.29, 0.717) is 23.4 Å². The van der Waals surface area contributed by atoms with Crippen molar-refractivity contribution in [3.8, 4) is 5.75 Å². The highest BCUT2D eigenvalue weighted by atomic mass is 19.1. The van der Waals surface area contributed by atoms with Crippen molar-refractivity contribution in [1.29, 1.82) is 0 Å². The molecule has 1 aromatic heterocycles.